The van der Waals surface area contributed by atoms with Crippen molar-refractivity contribution < 1.29 is 27.4 Å². The highest BCUT2D eigenvalue weighted by atomic mass is 32.2. The lowest BCUT2D eigenvalue weighted by Gasteiger charge is -2.27. The van der Waals surface area contributed by atoms with Crippen molar-refractivity contribution in [1.82, 2.24) is 4.72 Å². The highest BCUT2D eigenvalue weighted by Crippen LogP contribution is 2.20. The first-order valence-electron chi connectivity index (χ1n) is 6.46. The molecule has 21 heavy (non-hydrogen) atoms. The van der Waals surface area contributed by atoms with E-state index < -0.39 is 26.7 Å². The number of hydrogen-bond acceptors (Lipinski definition) is 4. The zero-order valence-corrected chi connectivity index (χ0v) is 12.2. The summed E-state index contributed by atoms with van der Waals surface area (Å²) >= 11 is 0. The van der Waals surface area contributed by atoms with E-state index in [1.54, 1.807) is 0 Å². The predicted molar refractivity (Wildman–Crippen MR) is 72.1 cm³/mol. The molecule has 0 aromatic heterocycles. The van der Waals surface area contributed by atoms with E-state index in [0.29, 0.717) is 19.4 Å². The molecule has 1 fully saturated rings. The average Bonchev–Trinajstić information content (AvgIpc) is 2.38. The molecule has 0 saturated carbocycles. The standard InChI is InChI=1S/C13H16FNO5S/c1-8-6-10(4-5-20-8)15-21(18,19)12-7-9(13(16)17)2-3-11(12)14/h2-3,7-8,10,15H,4-6H2,1H3,(H,16,17). The minimum Gasteiger partial charge on any atom is -0.478 e. The highest BCUT2D eigenvalue weighted by Gasteiger charge is 2.27. The van der Waals surface area contributed by atoms with Crippen LogP contribution in [0.15, 0.2) is 23.1 Å². The molecule has 0 radical (unpaired) electrons. The Labute approximate surface area is 122 Å². The molecular formula is C13H16FNO5S. The summed E-state index contributed by atoms with van der Waals surface area (Å²) in [5.41, 5.74) is -0.280. The lowest BCUT2D eigenvalue weighted by atomic mass is 10.1. The molecule has 1 aliphatic rings. The molecule has 1 saturated heterocycles. The van der Waals surface area contributed by atoms with Crippen LogP contribution >= 0.6 is 0 Å². The average molecular weight is 317 g/mol. The normalized spacial score (nSPS) is 23.0. The maximum Gasteiger partial charge on any atom is 0.335 e. The third-order valence-electron chi connectivity index (χ3n) is 3.27. The molecule has 0 spiro atoms. The van der Waals surface area contributed by atoms with Gasteiger partial charge in [-0.2, -0.15) is 0 Å². The lowest BCUT2D eigenvalue weighted by Crippen LogP contribution is -2.41. The molecule has 2 rings (SSSR count). The molecule has 8 heteroatoms. The molecule has 2 unspecified atom stereocenters. The van der Waals surface area contributed by atoms with Crippen LogP contribution in [0.4, 0.5) is 4.39 Å². The summed E-state index contributed by atoms with van der Waals surface area (Å²) < 4.78 is 45.9. The molecule has 6 nitrogen and oxygen atoms in total. The van der Waals surface area contributed by atoms with Crippen molar-refractivity contribution >= 4 is 16.0 Å². The zero-order chi connectivity index (χ0) is 15.6. The van der Waals surface area contributed by atoms with Crippen molar-refractivity contribution in [2.75, 3.05) is 6.61 Å². The van der Waals surface area contributed by atoms with Crippen LogP contribution in [0.5, 0.6) is 0 Å². The van der Waals surface area contributed by atoms with Crippen molar-refractivity contribution in [2.24, 2.45) is 0 Å². The van der Waals surface area contributed by atoms with Crippen molar-refractivity contribution in [1.29, 1.82) is 0 Å². The van der Waals surface area contributed by atoms with Gasteiger partial charge in [-0.3, -0.25) is 0 Å². The van der Waals surface area contributed by atoms with Crippen molar-refractivity contribution in [2.45, 2.75) is 36.8 Å². The number of nitrogens with one attached hydrogen (secondary N) is 1. The van der Waals surface area contributed by atoms with Crippen LogP contribution in [0.3, 0.4) is 0 Å². The van der Waals surface area contributed by atoms with Gasteiger partial charge in [0.1, 0.15) is 10.7 Å². The first kappa shape index (κ1) is 15.9. The largest absolute Gasteiger partial charge is 0.478 e. The number of ether oxygens (including phenoxy) is 1. The Bertz CT molecular complexity index is 646. The number of rotatable bonds is 4. The fourth-order valence-corrected chi connectivity index (χ4v) is 3.62. The van der Waals surface area contributed by atoms with Gasteiger partial charge in [0.15, 0.2) is 0 Å². The van der Waals surface area contributed by atoms with Gasteiger partial charge in [-0.1, -0.05) is 0 Å². The topological polar surface area (TPSA) is 92.7 Å². The molecule has 1 heterocycles. The SMILES string of the molecule is CC1CC(NS(=O)(=O)c2cc(C(=O)O)ccc2F)CCO1. The molecular weight excluding hydrogens is 301 g/mol. The first-order valence-corrected chi connectivity index (χ1v) is 7.94. The maximum absolute atomic E-state index is 13.7. The lowest BCUT2D eigenvalue weighted by molar-refractivity contribution is 0.0173. The number of carboxylic acid groups (broad SMARTS) is 1. The second-order valence-electron chi connectivity index (χ2n) is 4.97. The van der Waals surface area contributed by atoms with Gasteiger partial charge in [-0.15, -0.1) is 0 Å². The Hall–Kier alpha value is -1.51. The van der Waals surface area contributed by atoms with Crippen LogP contribution in [-0.2, 0) is 14.8 Å². The Morgan fingerprint density at radius 3 is 2.81 bits per heavy atom. The van der Waals surface area contributed by atoms with Crippen LogP contribution in [0.25, 0.3) is 0 Å². The van der Waals surface area contributed by atoms with Gasteiger partial charge in [0.2, 0.25) is 10.0 Å². The van der Waals surface area contributed by atoms with Crippen LogP contribution < -0.4 is 4.72 Å². The van der Waals surface area contributed by atoms with Gasteiger partial charge in [-0.25, -0.2) is 22.3 Å². The second kappa shape index (κ2) is 6.08. The van der Waals surface area contributed by atoms with E-state index in [-0.39, 0.29) is 17.7 Å². The van der Waals surface area contributed by atoms with Crippen LogP contribution in [0.2, 0.25) is 0 Å². The summed E-state index contributed by atoms with van der Waals surface area (Å²) in [5, 5.41) is 8.87. The number of sulfonamides is 1. The van der Waals surface area contributed by atoms with Gasteiger partial charge in [0.05, 0.1) is 11.7 Å². The van der Waals surface area contributed by atoms with E-state index >= 15 is 0 Å². The molecule has 0 bridgehead atoms. The third kappa shape index (κ3) is 3.78. The van der Waals surface area contributed by atoms with Gasteiger partial charge < -0.3 is 9.84 Å². The molecule has 2 atom stereocenters. The number of halogens is 1. The molecule has 1 aromatic carbocycles. The van der Waals surface area contributed by atoms with Gasteiger partial charge in [0, 0.05) is 12.6 Å². The van der Waals surface area contributed by atoms with Crippen molar-refractivity contribution in [3.8, 4) is 0 Å². The number of carboxylic acids is 1. The number of aromatic carboxylic acids is 1. The van der Waals surface area contributed by atoms with Crippen molar-refractivity contribution in [3.63, 3.8) is 0 Å². The van der Waals surface area contributed by atoms with E-state index in [2.05, 4.69) is 4.72 Å². The number of hydrogen-bond donors (Lipinski definition) is 2. The number of benzene rings is 1. The zero-order valence-electron chi connectivity index (χ0n) is 11.4. The summed E-state index contributed by atoms with van der Waals surface area (Å²) in [7, 11) is -4.11. The van der Waals surface area contributed by atoms with Gasteiger partial charge in [0.25, 0.3) is 0 Å². The summed E-state index contributed by atoms with van der Waals surface area (Å²) in [5.74, 6) is -2.29. The molecule has 1 aliphatic heterocycles. The molecule has 0 amide bonds. The smallest absolute Gasteiger partial charge is 0.335 e. The van der Waals surface area contributed by atoms with Crippen LogP contribution in [-0.4, -0.2) is 38.2 Å². The molecule has 0 aliphatic carbocycles. The highest BCUT2D eigenvalue weighted by molar-refractivity contribution is 7.89. The molecule has 2 N–H and O–H groups in total. The summed E-state index contributed by atoms with van der Waals surface area (Å²) in [6.45, 7) is 2.25. The van der Waals surface area contributed by atoms with Gasteiger partial charge in [-0.05, 0) is 38.0 Å². The van der Waals surface area contributed by atoms with E-state index in [4.69, 9.17) is 9.84 Å². The van der Waals surface area contributed by atoms with E-state index in [0.717, 1.165) is 18.2 Å². The third-order valence-corrected chi connectivity index (χ3v) is 4.81. The summed E-state index contributed by atoms with van der Waals surface area (Å²) in [6.07, 6.45) is 0.894. The maximum atomic E-state index is 13.7. The monoisotopic (exact) mass is 317 g/mol. The Morgan fingerprint density at radius 1 is 1.48 bits per heavy atom. The van der Waals surface area contributed by atoms with E-state index in [1.807, 2.05) is 6.92 Å². The fraction of sp³-hybridized carbons (Fsp3) is 0.462. The Balaban J connectivity index is 2.26. The fourth-order valence-electron chi connectivity index (χ4n) is 2.23. The quantitative estimate of drug-likeness (QED) is 0.875. The Morgan fingerprint density at radius 2 is 2.19 bits per heavy atom. The minimum atomic E-state index is -4.11. The summed E-state index contributed by atoms with van der Waals surface area (Å²) in [6, 6.07) is 2.33. The minimum absolute atomic E-state index is 0.0818. The van der Waals surface area contributed by atoms with Crippen LogP contribution in [0.1, 0.15) is 30.1 Å². The van der Waals surface area contributed by atoms with Crippen molar-refractivity contribution in [3.05, 3.63) is 29.6 Å². The predicted octanol–water partition coefficient (Wildman–Crippen LogP) is 1.37. The van der Waals surface area contributed by atoms with E-state index in [1.165, 1.54) is 0 Å². The first-order chi connectivity index (χ1) is 9.79. The second-order valence-corrected chi connectivity index (χ2v) is 6.66. The van der Waals surface area contributed by atoms with Gasteiger partial charge >= 0.3 is 5.97 Å². The molecule has 1 aromatic rings. The van der Waals surface area contributed by atoms with Crippen LogP contribution in [0, 0.1) is 5.82 Å². The number of carbonyl (C=O) groups is 1. The summed E-state index contributed by atoms with van der Waals surface area (Å²) in [4.78, 5) is 10.2. The Kier molecular flexibility index (Phi) is 4.60. The van der Waals surface area contributed by atoms with E-state index in [9.17, 15) is 17.6 Å². The molecule has 116 valence electrons.